The summed E-state index contributed by atoms with van der Waals surface area (Å²) in [5.74, 6) is 0. The first-order valence-corrected chi connectivity index (χ1v) is 5.40. The van der Waals surface area contributed by atoms with E-state index in [0.29, 0.717) is 5.56 Å². The van der Waals surface area contributed by atoms with Crippen LogP contribution in [-0.4, -0.2) is 42.9 Å². The van der Waals surface area contributed by atoms with Crippen LogP contribution in [0, 0.1) is 17.0 Å². The van der Waals surface area contributed by atoms with Crippen LogP contribution >= 0.6 is 11.9 Å². The zero-order valence-electron chi connectivity index (χ0n) is 7.51. The third-order valence-electron chi connectivity index (χ3n) is 1.66. The monoisotopic (exact) mass is 275 g/mol. The van der Waals surface area contributed by atoms with E-state index in [1.165, 1.54) is 6.07 Å². The Morgan fingerprint density at radius 1 is 1.44 bits per heavy atom. The summed E-state index contributed by atoms with van der Waals surface area (Å²) in [5.41, 5.74) is 0.00544. The molecule has 9 heteroatoms. The van der Waals surface area contributed by atoms with Crippen LogP contribution in [-0.2, 0) is 13.9 Å². The third-order valence-corrected chi connectivity index (χ3v) is 3.21. The number of benzene rings is 1. The van der Waals surface area contributed by atoms with E-state index in [2.05, 4.69) is 3.74 Å². The molecule has 0 fully saturated rings. The molecule has 0 spiro atoms. The molecular weight excluding hydrogens is 269 g/mol. The van der Waals surface area contributed by atoms with Crippen molar-refractivity contribution in [1.29, 1.82) is 0 Å². The first kappa shape index (κ1) is 15.8. The minimum absolute atomic E-state index is 0. The number of nitro groups is 1. The van der Waals surface area contributed by atoms with Crippen LogP contribution in [0.2, 0.25) is 0 Å². The summed E-state index contributed by atoms with van der Waals surface area (Å²) in [4.78, 5) is 9.21. The van der Waals surface area contributed by atoms with E-state index in [-0.39, 0.29) is 29.6 Å². The van der Waals surface area contributed by atoms with Crippen molar-refractivity contribution in [2.45, 2.75) is 11.8 Å². The zero-order valence-corrected chi connectivity index (χ0v) is 9.08. The van der Waals surface area contributed by atoms with Crippen molar-refractivity contribution in [3.63, 3.8) is 0 Å². The SMILES string of the molecule is Cc1ccc(S(=O)(=O)OCl)c([N+](=O)[O-])c1.[NaH]. The average Bonchev–Trinajstić information content (AvgIpc) is 2.17. The first-order chi connectivity index (χ1) is 6.88. The Morgan fingerprint density at radius 2 is 2.00 bits per heavy atom. The number of nitro benzene ring substituents is 1. The summed E-state index contributed by atoms with van der Waals surface area (Å²) in [5, 5.41) is 10.6. The molecule has 0 aliphatic carbocycles. The van der Waals surface area contributed by atoms with Crippen molar-refractivity contribution >= 4 is 57.2 Å². The van der Waals surface area contributed by atoms with Crippen LogP contribution in [0.1, 0.15) is 5.56 Å². The van der Waals surface area contributed by atoms with Gasteiger partial charge in [-0.2, -0.15) is 12.2 Å². The topological polar surface area (TPSA) is 86.5 Å². The average molecular weight is 276 g/mol. The molecule has 0 bridgehead atoms. The summed E-state index contributed by atoms with van der Waals surface area (Å²) in [6.07, 6.45) is 0. The maximum atomic E-state index is 11.2. The zero-order chi connectivity index (χ0) is 11.6. The van der Waals surface area contributed by atoms with Crippen molar-refractivity contribution in [3.8, 4) is 0 Å². The molecular formula is C7H7ClNNaO5S. The molecule has 1 aromatic carbocycles. The molecule has 0 radical (unpaired) electrons. The summed E-state index contributed by atoms with van der Waals surface area (Å²) in [6, 6.07) is 3.61. The van der Waals surface area contributed by atoms with Gasteiger partial charge in [0.15, 0.2) is 4.90 Å². The Kier molecular flexibility index (Phi) is 5.88. The van der Waals surface area contributed by atoms with E-state index < -0.39 is 25.6 Å². The number of aryl methyl sites for hydroxylation is 1. The van der Waals surface area contributed by atoms with Crippen LogP contribution in [0.4, 0.5) is 5.69 Å². The van der Waals surface area contributed by atoms with Gasteiger partial charge in [-0.15, -0.1) is 0 Å². The summed E-state index contributed by atoms with van der Waals surface area (Å²) >= 11 is 4.73. The van der Waals surface area contributed by atoms with E-state index in [1.807, 2.05) is 0 Å². The number of rotatable bonds is 3. The van der Waals surface area contributed by atoms with Crippen LogP contribution < -0.4 is 0 Å². The quantitative estimate of drug-likeness (QED) is 0.468. The molecule has 0 aliphatic heterocycles. The van der Waals surface area contributed by atoms with Crippen LogP contribution in [0.15, 0.2) is 23.1 Å². The van der Waals surface area contributed by atoms with Gasteiger partial charge in [0.1, 0.15) is 0 Å². The standard InChI is InChI=1S/C7H6ClNO5S.Na.H/c1-5-2-3-7(15(12,13)14-8)6(4-5)9(10)11;;/h2-4H,1H3;;. The summed E-state index contributed by atoms with van der Waals surface area (Å²) in [7, 11) is -4.27. The van der Waals surface area contributed by atoms with Gasteiger partial charge in [0, 0.05) is 6.07 Å². The summed E-state index contributed by atoms with van der Waals surface area (Å²) < 4.78 is 26.1. The predicted octanol–water partition coefficient (Wildman–Crippen LogP) is 1.11. The van der Waals surface area contributed by atoms with Crippen LogP contribution in [0.25, 0.3) is 0 Å². The molecule has 16 heavy (non-hydrogen) atoms. The van der Waals surface area contributed by atoms with Crippen molar-refractivity contribution < 1.29 is 17.1 Å². The first-order valence-electron chi connectivity index (χ1n) is 3.69. The molecule has 0 atom stereocenters. The molecule has 1 rings (SSSR count). The van der Waals surface area contributed by atoms with Crippen LogP contribution in [0.3, 0.4) is 0 Å². The fourth-order valence-corrected chi connectivity index (χ4v) is 1.91. The van der Waals surface area contributed by atoms with Gasteiger partial charge >= 0.3 is 39.7 Å². The molecule has 0 aromatic heterocycles. The van der Waals surface area contributed by atoms with E-state index in [0.717, 1.165) is 12.1 Å². The fourth-order valence-electron chi connectivity index (χ4n) is 1.02. The van der Waals surface area contributed by atoms with Gasteiger partial charge in [-0.05, 0) is 18.6 Å². The Hall–Kier alpha value is -0.180. The van der Waals surface area contributed by atoms with Gasteiger partial charge in [0.2, 0.25) is 0 Å². The Bertz CT molecular complexity index is 503. The molecule has 0 saturated carbocycles. The molecule has 0 aliphatic rings. The fraction of sp³-hybridized carbons (Fsp3) is 0.143. The van der Waals surface area contributed by atoms with Gasteiger partial charge in [0.05, 0.1) is 16.8 Å². The van der Waals surface area contributed by atoms with Crippen molar-refractivity contribution in [2.75, 3.05) is 0 Å². The summed E-state index contributed by atoms with van der Waals surface area (Å²) in [6.45, 7) is 1.60. The second-order valence-electron chi connectivity index (χ2n) is 2.75. The van der Waals surface area contributed by atoms with Crippen LogP contribution in [0.5, 0.6) is 0 Å². The second kappa shape index (κ2) is 5.95. The molecule has 0 heterocycles. The van der Waals surface area contributed by atoms with Gasteiger partial charge in [0.25, 0.3) is 5.69 Å². The maximum absolute atomic E-state index is 11.2. The van der Waals surface area contributed by atoms with E-state index in [1.54, 1.807) is 6.92 Å². The Morgan fingerprint density at radius 3 is 2.44 bits per heavy atom. The number of nitrogens with zero attached hydrogens (tertiary/aromatic N) is 1. The molecule has 1 aromatic rings. The van der Waals surface area contributed by atoms with Crippen molar-refractivity contribution in [1.82, 2.24) is 0 Å². The van der Waals surface area contributed by atoms with Crippen molar-refractivity contribution in [3.05, 3.63) is 33.9 Å². The minimum atomic E-state index is -4.27. The molecule has 0 amide bonds. The van der Waals surface area contributed by atoms with E-state index >= 15 is 0 Å². The number of halogens is 1. The van der Waals surface area contributed by atoms with E-state index in [4.69, 9.17) is 11.9 Å². The molecule has 0 saturated heterocycles. The molecule has 0 unspecified atom stereocenters. The second-order valence-corrected chi connectivity index (χ2v) is 4.60. The molecule has 6 nitrogen and oxygen atoms in total. The molecule has 84 valence electrons. The number of hydrogen-bond donors (Lipinski definition) is 0. The van der Waals surface area contributed by atoms with Gasteiger partial charge in [-0.1, -0.05) is 6.07 Å². The predicted molar refractivity (Wildman–Crippen MR) is 59.1 cm³/mol. The van der Waals surface area contributed by atoms with Gasteiger partial charge in [-0.25, -0.2) is 0 Å². The van der Waals surface area contributed by atoms with Crippen molar-refractivity contribution in [2.24, 2.45) is 0 Å². The van der Waals surface area contributed by atoms with Gasteiger partial charge < -0.3 is 0 Å². The molecule has 0 N–H and O–H groups in total. The normalized spacial score (nSPS) is 10.6. The van der Waals surface area contributed by atoms with Gasteiger partial charge in [-0.3, -0.25) is 10.1 Å². The number of hydrogen-bond acceptors (Lipinski definition) is 5. The Labute approximate surface area is 119 Å². The van der Waals surface area contributed by atoms with E-state index in [9.17, 15) is 18.5 Å². The third kappa shape index (κ3) is 3.41. The Balaban J connectivity index is 0.00000225.